The lowest BCUT2D eigenvalue weighted by Crippen LogP contribution is -2.17. The Morgan fingerprint density at radius 2 is 2.05 bits per heavy atom. The van der Waals surface area contributed by atoms with E-state index in [2.05, 4.69) is 55.1 Å². The predicted octanol–water partition coefficient (Wildman–Crippen LogP) is 2.83. The second-order valence-corrected chi connectivity index (χ2v) is 6.05. The Morgan fingerprint density at radius 1 is 1.29 bits per heavy atom. The molecule has 0 saturated carbocycles. The number of aryl methyl sites for hydroxylation is 1. The summed E-state index contributed by atoms with van der Waals surface area (Å²) in [4.78, 5) is 11.2. The standard InChI is InChI=1S/C16H30N4O/c1-6-8-14-18-15(17-9-7-10-20(4)5)11-16(19-14)21-12-13(2)3/h11,13H,6-10,12H2,1-5H3,(H,17,18,19). The van der Waals surface area contributed by atoms with Crippen LogP contribution in [0.1, 0.15) is 39.4 Å². The van der Waals surface area contributed by atoms with E-state index in [1.54, 1.807) is 0 Å². The van der Waals surface area contributed by atoms with Gasteiger partial charge in [-0.2, -0.15) is 4.98 Å². The molecule has 0 aliphatic carbocycles. The summed E-state index contributed by atoms with van der Waals surface area (Å²) in [7, 11) is 4.17. The number of rotatable bonds is 10. The van der Waals surface area contributed by atoms with E-state index in [9.17, 15) is 0 Å². The minimum atomic E-state index is 0.492. The summed E-state index contributed by atoms with van der Waals surface area (Å²) in [5.41, 5.74) is 0. The molecule has 1 aromatic rings. The van der Waals surface area contributed by atoms with Gasteiger partial charge in [-0.3, -0.25) is 0 Å². The van der Waals surface area contributed by atoms with Crippen molar-refractivity contribution in [1.82, 2.24) is 14.9 Å². The van der Waals surface area contributed by atoms with Crippen LogP contribution in [0.15, 0.2) is 6.07 Å². The molecule has 0 aliphatic rings. The third-order valence-corrected chi connectivity index (χ3v) is 2.88. The molecule has 21 heavy (non-hydrogen) atoms. The van der Waals surface area contributed by atoms with Crippen LogP contribution in [-0.4, -0.2) is 48.7 Å². The summed E-state index contributed by atoms with van der Waals surface area (Å²) in [6, 6.07) is 1.90. The number of anilines is 1. The third kappa shape index (κ3) is 7.85. The highest BCUT2D eigenvalue weighted by Crippen LogP contribution is 2.15. The van der Waals surface area contributed by atoms with Gasteiger partial charge >= 0.3 is 0 Å². The molecule has 0 unspecified atom stereocenters. The lowest BCUT2D eigenvalue weighted by atomic mass is 10.2. The summed E-state index contributed by atoms with van der Waals surface area (Å²) in [5, 5.41) is 3.37. The largest absolute Gasteiger partial charge is 0.477 e. The molecule has 1 heterocycles. The Bertz CT molecular complexity index is 407. The monoisotopic (exact) mass is 294 g/mol. The van der Waals surface area contributed by atoms with E-state index < -0.39 is 0 Å². The summed E-state index contributed by atoms with van der Waals surface area (Å²) in [5.74, 6) is 2.89. The zero-order valence-corrected chi connectivity index (χ0v) is 14.1. The molecule has 0 radical (unpaired) electrons. The van der Waals surface area contributed by atoms with E-state index >= 15 is 0 Å². The van der Waals surface area contributed by atoms with Crippen molar-refractivity contribution in [3.63, 3.8) is 0 Å². The SMILES string of the molecule is CCCc1nc(NCCCN(C)C)cc(OCC(C)C)n1. The second-order valence-electron chi connectivity index (χ2n) is 6.05. The zero-order chi connectivity index (χ0) is 15.7. The van der Waals surface area contributed by atoms with Gasteiger partial charge in [0.1, 0.15) is 11.6 Å². The molecule has 0 amide bonds. The molecule has 1 aromatic heterocycles. The van der Waals surface area contributed by atoms with E-state index in [4.69, 9.17) is 4.74 Å². The fraction of sp³-hybridized carbons (Fsp3) is 0.750. The Hall–Kier alpha value is -1.36. The van der Waals surface area contributed by atoms with Crippen molar-refractivity contribution in [3.8, 4) is 5.88 Å². The van der Waals surface area contributed by atoms with Gasteiger partial charge in [-0.25, -0.2) is 4.98 Å². The Morgan fingerprint density at radius 3 is 2.67 bits per heavy atom. The molecule has 5 nitrogen and oxygen atoms in total. The molecule has 0 aliphatic heterocycles. The van der Waals surface area contributed by atoms with E-state index in [0.29, 0.717) is 18.4 Å². The van der Waals surface area contributed by atoms with E-state index in [-0.39, 0.29) is 0 Å². The van der Waals surface area contributed by atoms with Crippen LogP contribution >= 0.6 is 0 Å². The van der Waals surface area contributed by atoms with Crippen molar-refractivity contribution < 1.29 is 4.74 Å². The highest BCUT2D eigenvalue weighted by Gasteiger charge is 2.06. The van der Waals surface area contributed by atoms with Gasteiger partial charge in [0.2, 0.25) is 5.88 Å². The molecule has 120 valence electrons. The number of ether oxygens (including phenoxy) is 1. The van der Waals surface area contributed by atoms with Crippen LogP contribution in [0, 0.1) is 5.92 Å². The van der Waals surface area contributed by atoms with Crippen molar-refractivity contribution in [3.05, 3.63) is 11.9 Å². The number of nitrogens with one attached hydrogen (secondary N) is 1. The van der Waals surface area contributed by atoms with Gasteiger partial charge in [-0.1, -0.05) is 20.8 Å². The van der Waals surface area contributed by atoms with Gasteiger partial charge in [0, 0.05) is 19.0 Å². The van der Waals surface area contributed by atoms with Gasteiger partial charge < -0.3 is 15.0 Å². The first-order chi connectivity index (χ1) is 10.0. The molecule has 0 spiro atoms. The van der Waals surface area contributed by atoms with Crippen LogP contribution in [0.25, 0.3) is 0 Å². The highest BCUT2D eigenvalue weighted by molar-refractivity contribution is 5.38. The van der Waals surface area contributed by atoms with Crippen molar-refractivity contribution in [2.45, 2.75) is 40.0 Å². The Labute approximate surface area is 129 Å². The van der Waals surface area contributed by atoms with Crippen molar-refractivity contribution in [2.75, 3.05) is 39.1 Å². The molecule has 5 heteroatoms. The quantitative estimate of drug-likeness (QED) is 0.672. The summed E-state index contributed by atoms with van der Waals surface area (Å²) < 4.78 is 5.74. The van der Waals surface area contributed by atoms with Crippen molar-refractivity contribution in [1.29, 1.82) is 0 Å². The van der Waals surface area contributed by atoms with E-state index in [1.165, 1.54) is 0 Å². The van der Waals surface area contributed by atoms with Gasteiger partial charge in [0.15, 0.2) is 0 Å². The van der Waals surface area contributed by atoms with E-state index in [0.717, 1.165) is 44.0 Å². The Kier molecular flexibility index (Phi) is 8.05. The summed E-state index contributed by atoms with van der Waals surface area (Å²) >= 11 is 0. The van der Waals surface area contributed by atoms with Crippen LogP contribution in [0.3, 0.4) is 0 Å². The normalized spacial score (nSPS) is 11.2. The fourth-order valence-electron chi connectivity index (χ4n) is 1.84. The first-order valence-corrected chi connectivity index (χ1v) is 7.90. The Balaban J connectivity index is 2.63. The molecular formula is C16H30N4O. The number of hydrogen-bond acceptors (Lipinski definition) is 5. The zero-order valence-electron chi connectivity index (χ0n) is 14.1. The molecule has 0 aromatic carbocycles. The predicted molar refractivity (Wildman–Crippen MR) is 88.0 cm³/mol. The van der Waals surface area contributed by atoms with Gasteiger partial charge in [-0.05, 0) is 39.4 Å². The van der Waals surface area contributed by atoms with Crippen LogP contribution in [-0.2, 0) is 6.42 Å². The number of nitrogens with zero attached hydrogens (tertiary/aromatic N) is 3. The molecule has 0 fully saturated rings. The van der Waals surface area contributed by atoms with Gasteiger partial charge in [0.05, 0.1) is 6.61 Å². The molecule has 0 bridgehead atoms. The molecule has 1 N–H and O–H groups in total. The van der Waals surface area contributed by atoms with Gasteiger partial charge in [-0.15, -0.1) is 0 Å². The average molecular weight is 294 g/mol. The second kappa shape index (κ2) is 9.55. The molecular weight excluding hydrogens is 264 g/mol. The minimum Gasteiger partial charge on any atom is -0.477 e. The lowest BCUT2D eigenvalue weighted by molar-refractivity contribution is 0.260. The topological polar surface area (TPSA) is 50.3 Å². The maximum atomic E-state index is 5.74. The first-order valence-electron chi connectivity index (χ1n) is 7.90. The third-order valence-electron chi connectivity index (χ3n) is 2.88. The summed E-state index contributed by atoms with van der Waals surface area (Å²) in [6.45, 7) is 9.06. The molecule has 0 atom stereocenters. The molecule has 0 saturated heterocycles. The van der Waals surface area contributed by atoms with E-state index in [1.807, 2.05) is 6.07 Å². The van der Waals surface area contributed by atoms with Crippen LogP contribution in [0.5, 0.6) is 5.88 Å². The van der Waals surface area contributed by atoms with Crippen molar-refractivity contribution >= 4 is 5.82 Å². The number of hydrogen-bond donors (Lipinski definition) is 1. The number of aromatic nitrogens is 2. The first kappa shape index (κ1) is 17.7. The van der Waals surface area contributed by atoms with Crippen LogP contribution < -0.4 is 10.1 Å². The molecule has 1 rings (SSSR count). The fourth-order valence-corrected chi connectivity index (χ4v) is 1.84. The smallest absolute Gasteiger partial charge is 0.218 e. The highest BCUT2D eigenvalue weighted by atomic mass is 16.5. The van der Waals surface area contributed by atoms with Crippen molar-refractivity contribution in [2.24, 2.45) is 5.92 Å². The van der Waals surface area contributed by atoms with Gasteiger partial charge in [0.25, 0.3) is 0 Å². The lowest BCUT2D eigenvalue weighted by Gasteiger charge is -2.13. The minimum absolute atomic E-state index is 0.492. The summed E-state index contributed by atoms with van der Waals surface area (Å²) in [6.07, 6.45) is 3.00. The maximum Gasteiger partial charge on any atom is 0.218 e. The average Bonchev–Trinajstić information content (AvgIpc) is 2.41. The maximum absolute atomic E-state index is 5.74. The van der Waals surface area contributed by atoms with Crippen LogP contribution in [0.2, 0.25) is 0 Å². The van der Waals surface area contributed by atoms with Crippen LogP contribution in [0.4, 0.5) is 5.82 Å².